The summed E-state index contributed by atoms with van der Waals surface area (Å²) in [6.45, 7) is 12.9. The zero-order valence-corrected chi connectivity index (χ0v) is 9.29. The molecule has 0 amide bonds. The van der Waals surface area contributed by atoms with E-state index in [0.29, 0.717) is 12.0 Å². The minimum absolute atomic E-state index is 0.211. The van der Waals surface area contributed by atoms with Gasteiger partial charge in [-0.3, -0.25) is 0 Å². The van der Waals surface area contributed by atoms with E-state index in [1.165, 1.54) is 0 Å². The van der Waals surface area contributed by atoms with Crippen molar-refractivity contribution in [3.05, 3.63) is 0 Å². The summed E-state index contributed by atoms with van der Waals surface area (Å²) < 4.78 is 5.80. The number of hydrogen-bond acceptors (Lipinski definition) is 2. The SMILES string of the molecule is CC(C)C(C)OSC(C)(C)C. The van der Waals surface area contributed by atoms with Crippen molar-refractivity contribution in [2.75, 3.05) is 0 Å². The minimum Gasteiger partial charge on any atom is -0.312 e. The van der Waals surface area contributed by atoms with E-state index in [4.69, 9.17) is 4.18 Å². The second-order valence-corrected chi connectivity index (χ2v) is 5.82. The molecule has 1 nitrogen and oxygen atoms in total. The Kier molecular flexibility index (Phi) is 4.49. The molecule has 0 aliphatic carbocycles. The summed E-state index contributed by atoms with van der Waals surface area (Å²) in [6, 6.07) is 0. The van der Waals surface area contributed by atoms with Gasteiger partial charge in [-0.05, 0) is 45.7 Å². The average Bonchev–Trinajstić information content (AvgIpc) is 1.80. The van der Waals surface area contributed by atoms with E-state index in [-0.39, 0.29) is 4.75 Å². The Labute approximate surface area is 75.1 Å². The zero-order valence-electron chi connectivity index (χ0n) is 8.47. The lowest BCUT2D eigenvalue weighted by Crippen LogP contribution is -2.16. The molecule has 0 radical (unpaired) electrons. The lowest BCUT2D eigenvalue weighted by Gasteiger charge is -2.22. The van der Waals surface area contributed by atoms with Crippen LogP contribution in [0, 0.1) is 5.92 Å². The lowest BCUT2D eigenvalue weighted by molar-refractivity contribution is 0.201. The molecule has 0 aromatic carbocycles. The van der Waals surface area contributed by atoms with Crippen molar-refractivity contribution >= 4 is 12.0 Å². The highest BCUT2D eigenvalue weighted by Crippen LogP contribution is 2.27. The van der Waals surface area contributed by atoms with Gasteiger partial charge in [0.05, 0.1) is 6.10 Å². The van der Waals surface area contributed by atoms with Crippen LogP contribution in [-0.2, 0) is 4.18 Å². The van der Waals surface area contributed by atoms with Crippen LogP contribution in [0.1, 0.15) is 41.5 Å². The molecule has 11 heavy (non-hydrogen) atoms. The van der Waals surface area contributed by atoms with Crippen LogP contribution in [0.15, 0.2) is 0 Å². The summed E-state index contributed by atoms with van der Waals surface area (Å²) in [5.41, 5.74) is 0. The second kappa shape index (κ2) is 4.36. The standard InChI is InChI=1S/C9H20OS/c1-7(2)8(3)10-11-9(4,5)6/h7-8H,1-6H3. The summed E-state index contributed by atoms with van der Waals surface area (Å²) in [7, 11) is 0. The smallest absolute Gasteiger partial charge is 0.0717 e. The molecule has 0 saturated heterocycles. The van der Waals surface area contributed by atoms with Crippen LogP contribution in [0.3, 0.4) is 0 Å². The second-order valence-electron chi connectivity index (χ2n) is 4.24. The Morgan fingerprint density at radius 1 is 1.09 bits per heavy atom. The molecule has 0 bridgehead atoms. The van der Waals surface area contributed by atoms with Gasteiger partial charge >= 0.3 is 0 Å². The van der Waals surface area contributed by atoms with E-state index in [1.807, 2.05) is 0 Å². The molecular formula is C9H20OS. The fourth-order valence-corrected chi connectivity index (χ4v) is 0.994. The van der Waals surface area contributed by atoms with E-state index in [1.54, 1.807) is 12.0 Å². The van der Waals surface area contributed by atoms with Gasteiger partial charge < -0.3 is 4.18 Å². The van der Waals surface area contributed by atoms with Crippen molar-refractivity contribution in [2.24, 2.45) is 5.92 Å². The first-order chi connectivity index (χ1) is 4.83. The first-order valence-electron chi connectivity index (χ1n) is 4.17. The van der Waals surface area contributed by atoms with Crippen molar-refractivity contribution < 1.29 is 4.18 Å². The largest absolute Gasteiger partial charge is 0.312 e. The van der Waals surface area contributed by atoms with Gasteiger partial charge in [0.25, 0.3) is 0 Å². The molecule has 0 aromatic heterocycles. The first-order valence-corrected chi connectivity index (χ1v) is 4.91. The van der Waals surface area contributed by atoms with E-state index < -0.39 is 0 Å². The lowest BCUT2D eigenvalue weighted by atomic mass is 10.1. The van der Waals surface area contributed by atoms with Crippen LogP contribution < -0.4 is 0 Å². The van der Waals surface area contributed by atoms with Crippen molar-refractivity contribution in [2.45, 2.75) is 52.4 Å². The zero-order chi connectivity index (χ0) is 9.07. The van der Waals surface area contributed by atoms with Crippen molar-refractivity contribution in [1.82, 2.24) is 0 Å². The van der Waals surface area contributed by atoms with Gasteiger partial charge in [0.2, 0.25) is 0 Å². The molecule has 0 N–H and O–H groups in total. The van der Waals surface area contributed by atoms with Crippen molar-refractivity contribution in [3.63, 3.8) is 0 Å². The van der Waals surface area contributed by atoms with Crippen molar-refractivity contribution in [3.8, 4) is 0 Å². The van der Waals surface area contributed by atoms with E-state index in [0.717, 1.165) is 0 Å². The van der Waals surface area contributed by atoms with Crippen LogP contribution in [0.5, 0.6) is 0 Å². The Hall–Kier alpha value is 0.310. The van der Waals surface area contributed by atoms with Gasteiger partial charge in [0, 0.05) is 4.75 Å². The van der Waals surface area contributed by atoms with Gasteiger partial charge in [0.15, 0.2) is 0 Å². The third kappa shape index (κ3) is 6.70. The molecule has 1 unspecified atom stereocenters. The third-order valence-corrected chi connectivity index (χ3v) is 2.29. The quantitative estimate of drug-likeness (QED) is 0.609. The van der Waals surface area contributed by atoms with Crippen LogP contribution >= 0.6 is 12.0 Å². The third-order valence-electron chi connectivity index (χ3n) is 1.39. The fraction of sp³-hybridized carbons (Fsp3) is 1.00. The highest BCUT2D eigenvalue weighted by molar-refractivity contribution is 7.96. The first kappa shape index (κ1) is 11.3. The molecule has 0 aliphatic rings. The Bertz CT molecular complexity index is 105. The van der Waals surface area contributed by atoms with Gasteiger partial charge in [-0.15, -0.1) is 0 Å². The fourth-order valence-electron chi connectivity index (χ4n) is 0.331. The molecule has 0 heterocycles. The monoisotopic (exact) mass is 176 g/mol. The summed E-state index contributed by atoms with van der Waals surface area (Å²) >= 11 is 1.57. The van der Waals surface area contributed by atoms with E-state index in [9.17, 15) is 0 Å². The van der Waals surface area contributed by atoms with Gasteiger partial charge in [-0.25, -0.2) is 0 Å². The highest BCUT2D eigenvalue weighted by Gasteiger charge is 2.15. The molecule has 0 aromatic rings. The molecule has 0 aliphatic heterocycles. The van der Waals surface area contributed by atoms with Crippen LogP contribution in [-0.4, -0.2) is 10.9 Å². The number of rotatable bonds is 3. The average molecular weight is 176 g/mol. The summed E-state index contributed by atoms with van der Waals surface area (Å²) in [4.78, 5) is 0. The van der Waals surface area contributed by atoms with Crippen LogP contribution in [0.25, 0.3) is 0 Å². The maximum Gasteiger partial charge on any atom is 0.0717 e. The molecule has 0 saturated carbocycles. The Balaban J connectivity index is 3.54. The number of hydrogen-bond donors (Lipinski definition) is 0. The predicted octanol–water partition coefficient (Wildman–Crippen LogP) is 3.49. The van der Waals surface area contributed by atoms with Gasteiger partial charge in [-0.2, -0.15) is 0 Å². The highest BCUT2D eigenvalue weighted by atomic mass is 32.2. The molecule has 0 fully saturated rings. The summed E-state index contributed by atoms with van der Waals surface area (Å²) in [5.74, 6) is 0.602. The molecule has 1 atom stereocenters. The van der Waals surface area contributed by atoms with E-state index >= 15 is 0 Å². The predicted molar refractivity (Wildman–Crippen MR) is 52.7 cm³/mol. The van der Waals surface area contributed by atoms with Gasteiger partial charge in [0.1, 0.15) is 0 Å². The Morgan fingerprint density at radius 2 is 1.55 bits per heavy atom. The Morgan fingerprint density at radius 3 is 1.82 bits per heavy atom. The summed E-state index contributed by atoms with van der Waals surface area (Å²) in [6.07, 6.45) is 0.347. The van der Waals surface area contributed by atoms with E-state index in [2.05, 4.69) is 41.5 Å². The van der Waals surface area contributed by atoms with Gasteiger partial charge in [-0.1, -0.05) is 13.8 Å². The minimum atomic E-state index is 0.211. The molecule has 2 heteroatoms. The molecule has 0 rings (SSSR count). The summed E-state index contributed by atoms with van der Waals surface area (Å²) in [5, 5.41) is 0. The van der Waals surface area contributed by atoms with Crippen LogP contribution in [0.2, 0.25) is 0 Å². The molecule has 68 valence electrons. The van der Waals surface area contributed by atoms with Crippen molar-refractivity contribution in [1.29, 1.82) is 0 Å². The normalized spacial score (nSPS) is 15.5. The molecule has 0 spiro atoms. The maximum atomic E-state index is 5.58. The topological polar surface area (TPSA) is 9.23 Å². The molecular weight excluding hydrogens is 156 g/mol. The maximum absolute atomic E-state index is 5.58. The van der Waals surface area contributed by atoms with Crippen LogP contribution in [0.4, 0.5) is 0 Å².